The summed E-state index contributed by atoms with van der Waals surface area (Å²) in [6.45, 7) is 1.13. The van der Waals surface area contributed by atoms with Gasteiger partial charge in [0, 0.05) is 13.1 Å². The zero-order chi connectivity index (χ0) is 14.3. The van der Waals surface area contributed by atoms with Gasteiger partial charge in [0.15, 0.2) is 10.8 Å². The van der Waals surface area contributed by atoms with Crippen LogP contribution in [-0.4, -0.2) is 49.1 Å². The van der Waals surface area contributed by atoms with Crippen molar-refractivity contribution < 1.29 is 14.8 Å². The summed E-state index contributed by atoms with van der Waals surface area (Å²) in [5.74, 6) is -1.12. The summed E-state index contributed by atoms with van der Waals surface area (Å²) in [6.07, 6.45) is 2.60. The predicted octanol–water partition coefficient (Wildman–Crippen LogP) is 0.402. The number of nitro groups is 1. The third-order valence-corrected chi connectivity index (χ3v) is 3.91. The fourth-order valence-corrected chi connectivity index (χ4v) is 2.57. The molecule has 0 aliphatic carbocycles. The molecule has 0 saturated carbocycles. The summed E-state index contributed by atoms with van der Waals surface area (Å²) in [5.41, 5.74) is -0.103. The van der Waals surface area contributed by atoms with Gasteiger partial charge in [0.1, 0.15) is 6.20 Å². The van der Waals surface area contributed by atoms with E-state index in [1.54, 1.807) is 0 Å². The fourth-order valence-electron chi connectivity index (χ4n) is 1.82. The number of thiazole rings is 1. The van der Waals surface area contributed by atoms with Crippen molar-refractivity contribution in [3.05, 3.63) is 28.2 Å². The molecule has 104 valence electrons. The van der Waals surface area contributed by atoms with E-state index in [1.165, 1.54) is 17.1 Å². The standard InChI is InChI=1S/C9H8N6O4S/c16-8(17)6-4-14(12-11-6)5-2-13(3-5)9-10-1-7(20-9)15(18)19/h1,4-5H,2-3H2,(H,16,17). The molecule has 1 saturated heterocycles. The largest absolute Gasteiger partial charge is 0.476 e. The summed E-state index contributed by atoms with van der Waals surface area (Å²) >= 11 is 1.01. The number of aromatic carboxylic acids is 1. The molecule has 0 atom stereocenters. The number of hydrogen-bond acceptors (Lipinski definition) is 8. The van der Waals surface area contributed by atoms with Crippen LogP contribution >= 0.6 is 11.3 Å². The maximum absolute atomic E-state index is 10.7. The topological polar surface area (TPSA) is 127 Å². The highest BCUT2D eigenvalue weighted by molar-refractivity contribution is 7.18. The Morgan fingerprint density at radius 1 is 1.55 bits per heavy atom. The molecule has 11 heteroatoms. The van der Waals surface area contributed by atoms with Gasteiger partial charge in [-0.3, -0.25) is 10.1 Å². The lowest BCUT2D eigenvalue weighted by molar-refractivity contribution is -0.380. The molecule has 10 nitrogen and oxygen atoms in total. The van der Waals surface area contributed by atoms with Crippen molar-refractivity contribution in [2.45, 2.75) is 6.04 Å². The zero-order valence-electron chi connectivity index (χ0n) is 9.91. The molecule has 0 unspecified atom stereocenters. The van der Waals surface area contributed by atoms with Gasteiger partial charge in [-0.2, -0.15) is 0 Å². The third-order valence-electron chi connectivity index (χ3n) is 2.90. The molecule has 2 aromatic rings. The second-order valence-electron chi connectivity index (χ2n) is 4.19. The van der Waals surface area contributed by atoms with Crippen LogP contribution in [0.3, 0.4) is 0 Å². The average molecular weight is 296 g/mol. The first-order chi connectivity index (χ1) is 9.54. The van der Waals surface area contributed by atoms with Crippen molar-refractivity contribution in [1.29, 1.82) is 0 Å². The SMILES string of the molecule is O=C(O)c1cn(C2CN(c3ncc([N+](=O)[O-])s3)C2)nn1. The Morgan fingerprint density at radius 2 is 2.30 bits per heavy atom. The number of aromatic nitrogens is 4. The van der Waals surface area contributed by atoms with Gasteiger partial charge in [-0.05, 0) is 11.3 Å². The average Bonchev–Trinajstić information content (AvgIpc) is 2.95. The molecule has 3 rings (SSSR count). The molecular weight excluding hydrogens is 288 g/mol. The van der Waals surface area contributed by atoms with E-state index in [1.807, 2.05) is 4.90 Å². The van der Waals surface area contributed by atoms with Gasteiger partial charge in [0.2, 0.25) is 0 Å². The minimum absolute atomic E-state index is 0.00134. The van der Waals surface area contributed by atoms with Crippen molar-refractivity contribution >= 4 is 27.4 Å². The Kier molecular flexibility index (Phi) is 2.82. The van der Waals surface area contributed by atoms with Crippen molar-refractivity contribution in [3.8, 4) is 0 Å². The molecule has 2 aromatic heterocycles. The fraction of sp³-hybridized carbons (Fsp3) is 0.333. The van der Waals surface area contributed by atoms with Gasteiger partial charge < -0.3 is 10.0 Å². The highest BCUT2D eigenvalue weighted by Crippen LogP contribution is 2.33. The summed E-state index contributed by atoms with van der Waals surface area (Å²) < 4.78 is 1.49. The Labute approximate surface area is 115 Å². The molecule has 20 heavy (non-hydrogen) atoms. The van der Waals surface area contributed by atoms with Crippen LogP contribution in [0.2, 0.25) is 0 Å². The van der Waals surface area contributed by atoms with Crippen LogP contribution in [0.25, 0.3) is 0 Å². The van der Waals surface area contributed by atoms with Gasteiger partial charge in [0.05, 0.1) is 17.2 Å². The first-order valence-electron chi connectivity index (χ1n) is 5.55. The van der Waals surface area contributed by atoms with Crippen molar-refractivity contribution in [2.24, 2.45) is 0 Å². The summed E-state index contributed by atoms with van der Waals surface area (Å²) in [5, 5.41) is 27.2. The van der Waals surface area contributed by atoms with Crippen LogP contribution in [0.15, 0.2) is 12.4 Å². The van der Waals surface area contributed by atoms with Crippen LogP contribution in [-0.2, 0) is 0 Å². The minimum atomic E-state index is -1.12. The van der Waals surface area contributed by atoms with E-state index < -0.39 is 10.9 Å². The van der Waals surface area contributed by atoms with E-state index in [0.29, 0.717) is 18.2 Å². The van der Waals surface area contributed by atoms with E-state index >= 15 is 0 Å². The molecular formula is C9H8N6O4S. The highest BCUT2D eigenvalue weighted by Gasteiger charge is 2.32. The Balaban J connectivity index is 1.65. The molecule has 0 amide bonds. The molecule has 1 aliphatic heterocycles. The van der Waals surface area contributed by atoms with Crippen molar-refractivity contribution in [1.82, 2.24) is 20.0 Å². The van der Waals surface area contributed by atoms with E-state index in [2.05, 4.69) is 15.3 Å². The zero-order valence-corrected chi connectivity index (χ0v) is 10.7. The summed E-state index contributed by atoms with van der Waals surface area (Å²) in [6, 6.07) is -0.00134. The van der Waals surface area contributed by atoms with Gasteiger partial charge in [0.25, 0.3) is 0 Å². The van der Waals surface area contributed by atoms with Gasteiger partial charge in [-0.15, -0.1) is 5.10 Å². The number of carboxylic acid groups (broad SMARTS) is 1. The highest BCUT2D eigenvalue weighted by atomic mass is 32.1. The van der Waals surface area contributed by atoms with E-state index in [4.69, 9.17) is 5.11 Å². The molecule has 3 heterocycles. The molecule has 0 aromatic carbocycles. The lowest BCUT2D eigenvalue weighted by atomic mass is 10.1. The van der Waals surface area contributed by atoms with Crippen molar-refractivity contribution in [3.63, 3.8) is 0 Å². The van der Waals surface area contributed by atoms with Crippen LogP contribution in [0.5, 0.6) is 0 Å². The van der Waals surface area contributed by atoms with E-state index in [0.717, 1.165) is 11.3 Å². The lowest BCUT2D eigenvalue weighted by Gasteiger charge is -2.38. The second kappa shape index (κ2) is 4.52. The van der Waals surface area contributed by atoms with E-state index in [9.17, 15) is 14.9 Å². The maximum Gasteiger partial charge on any atom is 0.358 e. The van der Waals surface area contributed by atoms with Crippen molar-refractivity contribution in [2.75, 3.05) is 18.0 Å². The third kappa shape index (κ3) is 2.07. The molecule has 0 radical (unpaired) electrons. The summed E-state index contributed by atoms with van der Waals surface area (Å²) in [4.78, 5) is 26.6. The van der Waals surface area contributed by atoms with Crippen LogP contribution in [0.1, 0.15) is 16.5 Å². The molecule has 1 N–H and O–H groups in total. The van der Waals surface area contributed by atoms with Crippen LogP contribution in [0, 0.1) is 10.1 Å². The maximum atomic E-state index is 10.7. The van der Waals surface area contributed by atoms with Gasteiger partial charge >= 0.3 is 11.0 Å². The summed E-state index contributed by atoms with van der Waals surface area (Å²) in [7, 11) is 0. The Hall–Kier alpha value is -2.56. The van der Waals surface area contributed by atoms with E-state index in [-0.39, 0.29) is 16.7 Å². The first-order valence-corrected chi connectivity index (χ1v) is 6.36. The Morgan fingerprint density at radius 3 is 2.85 bits per heavy atom. The quantitative estimate of drug-likeness (QED) is 0.634. The lowest BCUT2D eigenvalue weighted by Crippen LogP contribution is -2.48. The minimum Gasteiger partial charge on any atom is -0.476 e. The Bertz CT molecular complexity index is 619. The predicted molar refractivity (Wildman–Crippen MR) is 67.0 cm³/mol. The number of carboxylic acids is 1. The number of rotatable bonds is 4. The van der Waals surface area contributed by atoms with Crippen LogP contribution < -0.4 is 4.90 Å². The second-order valence-corrected chi connectivity index (χ2v) is 5.17. The normalized spacial score (nSPS) is 15.1. The van der Waals surface area contributed by atoms with Crippen LogP contribution in [0.4, 0.5) is 10.1 Å². The molecule has 1 fully saturated rings. The first kappa shape index (κ1) is 12.5. The molecule has 0 spiro atoms. The van der Waals surface area contributed by atoms with Gasteiger partial charge in [-0.1, -0.05) is 5.21 Å². The smallest absolute Gasteiger partial charge is 0.358 e. The van der Waals surface area contributed by atoms with Gasteiger partial charge in [-0.25, -0.2) is 14.5 Å². The monoisotopic (exact) mass is 296 g/mol. The number of carbonyl (C=O) groups is 1. The number of hydrogen-bond donors (Lipinski definition) is 1. The molecule has 0 bridgehead atoms. The molecule has 1 aliphatic rings. The number of nitrogens with zero attached hydrogens (tertiary/aromatic N) is 6. The number of anilines is 1.